The zero-order valence-corrected chi connectivity index (χ0v) is 13.5. The Bertz CT molecular complexity index is 626. The Balaban J connectivity index is 1.94. The van der Waals surface area contributed by atoms with Crippen molar-refractivity contribution in [2.24, 2.45) is 5.92 Å². The molecule has 0 saturated heterocycles. The second-order valence-electron chi connectivity index (χ2n) is 6.50. The number of fused-ring (bicyclic) bond motifs is 1. The van der Waals surface area contributed by atoms with Crippen molar-refractivity contribution < 1.29 is 0 Å². The van der Waals surface area contributed by atoms with E-state index in [4.69, 9.17) is 0 Å². The van der Waals surface area contributed by atoms with Crippen LogP contribution in [0.4, 0.5) is 0 Å². The van der Waals surface area contributed by atoms with E-state index in [0.717, 1.165) is 17.0 Å². The van der Waals surface area contributed by atoms with E-state index < -0.39 is 0 Å². The summed E-state index contributed by atoms with van der Waals surface area (Å²) in [6, 6.07) is 6.86. The molecular weight excluding hydrogens is 262 g/mol. The lowest BCUT2D eigenvalue weighted by atomic mass is 10.0. The average molecular weight is 289 g/mol. The Hall–Kier alpha value is -1.55. The fraction of sp³-hybridized carbons (Fsp3) is 0.588. The number of nitrogens with one attached hydrogen (secondary N) is 3. The van der Waals surface area contributed by atoms with Crippen molar-refractivity contribution in [2.75, 3.05) is 0 Å². The Morgan fingerprint density at radius 1 is 1.05 bits per heavy atom. The molecule has 0 spiro atoms. The Labute approximate surface area is 126 Å². The number of benzene rings is 1. The van der Waals surface area contributed by atoms with E-state index in [1.54, 1.807) is 0 Å². The molecule has 4 nitrogen and oxygen atoms in total. The van der Waals surface area contributed by atoms with Crippen molar-refractivity contribution in [3.05, 3.63) is 34.2 Å². The van der Waals surface area contributed by atoms with E-state index >= 15 is 0 Å². The maximum absolute atomic E-state index is 11.3. The van der Waals surface area contributed by atoms with Gasteiger partial charge in [-0.2, -0.15) is 0 Å². The predicted octanol–water partition coefficient (Wildman–Crippen LogP) is 3.72. The zero-order valence-electron chi connectivity index (χ0n) is 13.5. The van der Waals surface area contributed by atoms with Gasteiger partial charge in [0.2, 0.25) is 0 Å². The number of hydrogen-bond acceptors (Lipinski definition) is 2. The molecule has 2 aromatic rings. The third kappa shape index (κ3) is 4.46. The number of imidazole rings is 1. The first-order chi connectivity index (χ1) is 9.95. The van der Waals surface area contributed by atoms with E-state index in [9.17, 15) is 4.79 Å². The molecule has 2 atom stereocenters. The van der Waals surface area contributed by atoms with E-state index in [0.29, 0.717) is 6.04 Å². The summed E-state index contributed by atoms with van der Waals surface area (Å²) in [5.74, 6) is 0.780. The summed E-state index contributed by atoms with van der Waals surface area (Å²) in [4.78, 5) is 16.9. The van der Waals surface area contributed by atoms with Crippen molar-refractivity contribution in [1.82, 2.24) is 15.3 Å². The molecule has 0 radical (unpaired) electrons. The van der Waals surface area contributed by atoms with E-state index in [-0.39, 0.29) is 11.7 Å². The fourth-order valence-corrected chi connectivity index (χ4v) is 2.76. The molecule has 0 saturated carbocycles. The van der Waals surface area contributed by atoms with Gasteiger partial charge >= 0.3 is 5.69 Å². The van der Waals surface area contributed by atoms with Crippen molar-refractivity contribution in [2.45, 2.75) is 59.0 Å². The monoisotopic (exact) mass is 289 g/mol. The number of rotatable bonds is 7. The molecule has 0 aliphatic carbocycles. The van der Waals surface area contributed by atoms with Crippen LogP contribution in [0.15, 0.2) is 23.0 Å². The average Bonchev–Trinajstić information content (AvgIpc) is 2.76. The molecule has 0 bridgehead atoms. The highest BCUT2D eigenvalue weighted by Gasteiger charge is 2.11. The molecule has 2 unspecified atom stereocenters. The van der Waals surface area contributed by atoms with Crippen molar-refractivity contribution in [3.63, 3.8) is 0 Å². The van der Waals surface area contributed by atoms with Gasteiger partial charge in [0.15, 0.2) is 0 Å². The summed E-state index contributed by atoms with van der Waals surface area (Å²) < 4.78 is 0. The van der Waals surface area contributed by atoms with Gasteiger partial charge in [0.25, 0.3) is 0 Å². The first-order valence-electron chi connectivity index (χ1n) is 7.93. The Morgan fingerprint density at radius 3 is 2.48 bits per heavy atom. The quantitative estimate of drug-likeness (QED) is 0.727. The maximum atomic E-state index is 11.3. The highest BCUT2D eigenvalue weighted by molar-refractivity contribution is 5.75. The van der Waals surface area contributed by atoms with Gasteiger partial charge in [-0.15, -0.1) is 0 Å². The van der Waals surface area contributed by atoms with Crippen LogP contribution in [0.3, 0.4) is 0 Å². The number of aromatic nitrogens is 2. The topological polar surface area (TPSA) is 60.7 Å². The summed E-state index contributed by atoms with van der Waals surface area (Å²) in [7, 11) is 0. The molecule has 4 heteroatoms. The largest absolute Gasteiger partial charge is 0.323 e. The molecule has 0 aliphatic heterocycles. The first kappa shape index (κ1) is 15.8. The van der Waals surface area contributed by atoms with E-state index in [1.807, 2.05) is 12.1 Å². The number of hydrogen-bond donors (Lipinski definition) is 3. The summed E-state index contributed by atoms with van der Waals surface area (Å²) in [5, 5.41) is 3.64. The second-order valence-corrected chi connectivity index (χ2v) is 6.50. The van der Waals surface area contributed by atoms with Gasteiger partial charge in [0.05, 0.1) is 11.0 Å². The highest BCUT2D eigenvalue weighted by atomic mass is 16.1. The zero-order chi connectivity index (χ0) is 15.4. The normalized spacial score (nSPS) is 14.7. The molecule has 3 N–H and O–H groups in total. The van der Waals surface area contributed by atoms with Crippen LogP contribution in [0.1, 0.15) is 58.6 Å². The smallest absolute Gasteiger partial charge is 0.308 e. The number of aromatic amines is 2. The van der Waals surface area contributed by atoms with Gasteiger partial charge in [0.1, 0.15) is 0 Å². The lowest BCUT2D eigenvalue weighted by molar-refractivity contribution is 0.424. The van der Waals surface area contributed by atoms with E-state index in [2.05, 4.69) is 49.0 Å². The van der Waals surface area contributed by atoms with Crippen LogP contribution in [0.2, 0.25) is 0 Å². The van der Waals surface area contributed by atoms with Gasteiger partial charge < -0.3 is 15.3 Å². The molecule has 21 heavy (non-hydrogen) atoms. The molecule has 116 valence electrons. The fourth-order valence-electron chi connectivity index (χ4n) is 2.76. The Morgan fingerprint density at radius 2 is 1.76 bits per heavy atom. The standard InChI is InChI=1S/C17H27N3O/c1-11(2)6-5-7-12(3)18-13(4)14-8-9-15-16(10-14)20-17(21)19-15/h8-13,18H,5-7H2,1-4H3,(H2,19,20,21). The number of H-pyrrole nitrogens is 2. The minimum atomic E-state index is -0.148. The van der Waals surface area contributed by atoms with Crippen LogP contribution in [0.25, 0.3) is 11.0 Å². The second kappa shape index (κ2) is 6.94. The molecule has 1 aromatic carbocycles. The van der Waals surface area contributed by atoms with Gasteiger partial charge in [-0.05, 0) is 43.9 Å². The van der Waals surface area contributed by atoms with Gasteiger partial charge in [-0.25, -0.2) is 4.79 Å². The van der Waals surface area contributed by atoms with Crippen molar-refractivity contribution in [1.29, 1.82) is 0 Å². The third-order valence-corrected chi connectivity index (χ3v) is 3.99. The lowest BCUT2D eigenvalue weighted by Crippen LogP contribution is -2.28. The summed E-state index contributed by atoms with van der Waals surface area (Å²) >= 11 is 0. The Kier molecular flexibility index (Phi) is 5.23. The minimum Gasteiger partial charge on any atom is -0.308 e. The van der Waals surface area contributed by atoms with Crippen LogP contribution in [-0.2, 0) is 0 Å². The summed E-state index contributed by atoms with van der Waals surface area (Å²) in [6.07, 6.45) is 3.76. The predicted molar refractivity (Wildman–Crippen MR) is 88.6 cm³/mol. The molecule has 0 fully saturated rings. The van der Waals surface area contributed by atoms with Crippen LogP contribution in [0, 0.1) is 5.92 Å². The van der Waals surface area contributed by atoms with Crippen LogP contribution in [0.5, 0.6) is 0 Å². The lowest BCUT2D eigenvalue weighted by Gasteiger charge is -2.20. The van der Waals surface area contributed by atoms with Crippen LogP contribution in [-0.4, -0.2) is 16.0 Å². The molecule has 1 heterocycles. The SMILES string of the molecule is CC(C)CCCC(C)NC(C)c1ccc2[nH]c(=O)[nH]c2c1. The third-order valence-electron chi connectivity index (χ3n) is 3.99. The molecule has 2 rings (SSSR count). The summed E-state index contributed by atoms with van der Waals surface area (Å²) in [5.41, 5.74) is 2.79. The van der Waals surface area contributed by atoms with Crippen molar-refractivity contribution >= 4 is 11.0 Å². The van der Waals surface area contributed by atoms with Gasteiger partial charge in [-0.1, -0.05) is 32.8 Å². The maximum Gasteiger partial charge on any atom is 0.323 e. The highest BCUT2D eigenvalue weighted by Crippen LogP contribution is 2.18. The van der Waals surface area contributed by atoms with E-state index in [1.165, 1.54) is 24.8 Å². The van der Waals surface area contributed by atoms with Crippen LogP contribution >= 0.6 is 0 Å². The minimum absolute atomic E-state index is 0.148. The van der Waals surface area contributed by atoms with Crippen molar-refractivity contribution in [3.8, 4) is 0 Å². The molecule has 0 aliphatic rings. The molecule has 1 aromatic heterocycles. The molecule has 0 amide bonds. The van der Waals surface area contributed by atoms with Gasteiger partial charge in [0, 0.05) is 12.1 Å². The molecular formula is C17H27N3O. The first-order valence-corrected chi connectivity index (χ1v) is 7.93. The summed E-state index contributed by atoms with van der Waals surface area (Å²) in [6.45, 7) is 8.96. The van der Waals surface area contributed by atoms with Crippen LogP contribution < -0.4 is 11.0 Å². The van der Waals surface area contributed by atoms with Gasteiger partial charge in [-0.3, -0.25) is 0 Å².